The molecular formula is C64H53N. The zero-order chi connectivity index (χ0) is 43.5. The molecule has 65 heavy (non-hydrogen) atoms. The van der Waals surface area contributed by atoms with E-state index >= 15 is 0 Å². The summed E-state index contributed by atoms with van der Waals surface area (Å²) < 4.78 is 0. The van der Waals surface area contributed by atoms with Crippen LogP contribution in [-0.4, -0.2) is 0 Å². The quantitative estimate of drug-likeness (QED) is 0.140. The Bertz CT molecular complexity index is 3160. The predicted molar refractivity (Wildman–Crippen MR) is 274 cm³/mol. The molecule has 1 nitrogen and oxygen atoms in total. The van der Waals surface area contributed by atoms with Crippen molar-refractivity contribution in [3.8, 4) is 66.8 Å². The van der Waals surface area contributed by atoms with E-state index in [2.05, 4.69) is 237 Å². The molecule has 314 valence electrons. The molecular weight excluding hydrogens is 783 g/mol. The Kier molecular flexibility index (Phi) is 9.75. The molecule has 1 heteroatoms. The summed E-state index contributed by atoms with van der Waals surface area (Å²) >= 11 is 0. The monoisotopic (exact) mass is 835 g/mol. The first-order valence-corrected chi connectivity index (χ1v) is 23.7. The van der Waals surface area contributed by atoms with E-state index in [1.165, 1.54) is 109 Å². The van der Waals surface area contributed by atoms with Crippen molar-refractivity contribution in [2.75, 3.05) is 4.90 Å². The van der Waals surface area contributed by atoms with Gasteiger partial charge in [-0.05, 0) is 157 Å². The van der Waals surface area contributed by atoms with Crippen LogP contribution in [-0.2, 0) is 5.41 Å². The average molecular weight is 836 g/mol. The highest BCUT2D eigenvalue weighted by atomic mass is 15.1. The number of fused-ring (bicyclic) bond motifs is 5. The number of nitrogens with zero attached hydrogens (tertiary/aromatic N) is 1. The maximum absolute atomic E-state index is 2.45. The molecule has 2 saturated carbocycles. The molecule has 0 N–H and O–H groups in total. The van der Waals surface area contributed by atoms with Crippen molar-refractivity contribution in [3.63, 3.8) is 0 Å². The Hall–Kier alpha value is -7.22. The molecule has 0 amide bonds. The first kappa shape index (κ1) is 39.4. The van der Waals surface area contributed by atoms with E-state index in [0.29, 0.717) is 0 Å². The third-order valence-corrected chi connectivity index (χ3v) is 15.2. The molecule has 0 spiro atoms. The van der Waals surface area contributed by atoms with Crippen molar-refractivity contribution >= 4 is 17.1 Å². The van der Waals surface area contributed by atoms with Gasteiger partial charge in [0, 0.05) is 22.5 Å². The maximum Gasteiger partial charge on any atom is 0.0465 e. The van der Waals surface area contributed by atoms with E-state index in [0.717, 1.165) is 34.8 Å². The smallest absolute Gasteiger partial charge is 0.0465 e. The second-order valence-corrected chi connectivity index (χ2v) is 19.2. The van der Waals surface area contributed by atoms with Gasteiger partial charge < -0.3 is 4.90 Å². The average Bonchev–Trinajstić information content (AvgIpc) is 4.08. The van der Waals surface area contributed by atoms with E-state index in [9.17, 15) is 0 Å². The molecule has 9 aromatic carbocycles. The van der Waals surface area contributed by atoms with E-state index in [-0.39, 0.29) is 5.41 Å². The highest BCUT2D eigenvalue weighted by molar-refractivity contribution is 5.95. The molecule has 3 aliphatic carbocycles. The number of hydrogen-bond donors (Lipinski definition) is 0. The number of hydrogen-bond acceptors (Lipinski definition) is 1. The normalized spacial score (nSPS) is 17.7. The Morgan fingerprint density at radius 2 is 0.862 bits per heavy atom. The van der Waals surface area contributed by atoms with Crippen molar-refractivity contribution < 1.29 is 0 Å². The fourth-order valence-electron chi connectivity index (χ4n) is 11.9. The lowest BCUT2D eigenvalue weighted by Gasteiger charge is -2.28. The minimum absolute atomic E-state index is 0.172. The highest BCUT2D eigenvalue weighted by Crippen LogP contribution is 2.55. The van der Waals surface area contributed by atoms with Crippen LogP contribution >= 0.6 is 0 Å². The second-order valence-electron chi connectivity index (χ2n) is 19.2. The topological polar surface area (TPSA) is 3.24 Å². The van der Waals surface area contributed by atoms with Crippen LogP contribution in [0, 0.1) is 11.8 Å². The van der Waals surface area contributed by atoms with E-state index in [1.807, 2.05) is 0 Å². The van der Waals surface area contributed by atoms with Gasteiger partial charge in [0.1, 0.15) is 0 Å². The Morgan fingerprint density at radius 3 is 1.43 bits per heavy atom. The molecule has 0 saturated heterocycles. The number of benzene rings is 9. The lowest BCUT2D eigenvalue weighted by Crippen LogP contribution is -2.16. The zero-order valence-corrected chi connectivity index (χ0v) is 37.3. The Morgan fingerprint density at radius 1 is 0.369 bits per heavy atom. The van der Waals surface area contributed by atoms with Crippen LogP contribution in [0.5, 0.6) is 0 Å². The summed E-state index contributed by atoms with van der Waals surface area (Å²) in [4.78, 5) is 2.44. The van der Waals surface area contributed by atoms with Crippen molar-refractivity contribution in [2.24, 2.45) is 11.8 Å². The summed E-state index contributed by atoms with van der Waals surface area (Å²) in [5, 5.41) is 0. The van der Waals surface area contributed by atoms with Gasteiger partial charge in [0.25, 0.3) is 0 Å². The van der Waals surface area contributed by atoms with Gasteiger partial charge in [-0.3, -0.25) is 0 Å². The number of anilines is 3. The van der Waals surface area contributed by atoms with E-state index < -0.39 is 0 Å². The van der Waals surface area contributed by atoms with Gasteiger partial charge in [0.15, 0.2) is 0 Å². The molecule has 3 unspecified atom stereocenters. The second kappa shape index (κ2) is 16.1. The molecule has 0 aliphatic heterocycles. The van der Waals surface area contributed by atoms with Gasteiger partial charge >= 0.3 is 0 Å². The number of rotatable bonds is 9. The third-order valence-electron chi connectivity index (χ3n) is 15.2. The summed E-state index contributed by atoms with van der Waals surface area (Å²) in [7, 11) is 0. The first-order chi connectivity index (χ1) is 32.0. The summed E-state index contributed by atoms with van der Waals surface area (Å²) in [6, 6.07) is 81.2. The summed E-state index contributed by atoms with van der Waals surface area (Å²) in [6.45, 7) is 4.78. The van der Waals surface area contributed by atoms with Crippen molar-refractivity contribution in [3.05, 3.63) is 235 Å². The highest BCUT2D eigenvalue weighted by Gasteiger charge is 2.40. The summed E-state index contributed by atoms with van der Waals surface area (Å²) in [6.07, 6.45) is 5.67. The van der Waals surface area contributed by atoms with Crippen LogP contribution in [0.25, 0.3) is 66.8 Å². The SMILES string of the molecule is CC1(C)c2cc(N(c3ccc(-c4ccc(C5CC6CCC5C6)cc4)cc3)c3ccc(-c4ccccc4-c4ccccc4-c4ccccc4)cc3)ccc2-c2c(-c3ccccc3)cccc21. The Labute approximate surface area is 384 Å². The van der Waals surface area contributed by atoms with E-state index in [1.54, 1.807) is 0 Å². The maximum atomic E-state index is 2.45. The molecule has 0 heterocycles. The fraction of sp³-hybridized carbons (Fsp3) is 0.156. The zero-order valence-electron chi connectivity index (χ0n) is 37.3. The standard InChI is InChI=1S/C64H53N/c1-64(2)61-23-13-22-56(47-16-7-4-8-17-47)63(61)59-39-38-53(42-62(59)64)65(51-34-30-45(31-35-51)44-26-28-49(29-27-44)60-41-43-24-25-50(60)40-43)52-36-32-48(33-37-52)55-19-10-12-21-58(55)57-20-11-9-18-54(57)46-14-5-3-6-15-46/h3-23,26-39,42-43,50,60H,24-25,40-41H2,1-2H3. The molecule has 2 fully saturated rings. The van der Waals surface area contributed by atoms with Crippen molar-refractivity contribution in [1.29, 1.82) is 0 Å². The van der Waals surface area contributed by atoms with Gasteiger partial charge in [-0.2, -0.15) is 0 Å². The van der Waals surface area contributed by atoms with Crippen LogP contribution in [0.3, 0.4) is 0 Å². The molecule has 12 rings (SSSR count). The molecule has 3 aliphatic rings. The lowest BCUT2D eigenvalue weighted by molar-refractivity contribution is 0.420. The van der Waals surface area contributed by atoms with Crippen LogP contribution in [0.2, 0.25) is 0 Å². The fourth-order valence-corrected chi connectivity index (χ4v) is 11.9. The minimum atomic E-state index is -0.172. The van der Waals surface area contributed by atoms with Crippen LogP contribution in [0.4, 0.5) is 17.1 Å². The largest absolute Gasteiger partial charge is 0.310 e. The summed E-state index contributed by atoms with van der Waals surface area (Å²) in [5.74, 6) is 2.59. The van der Waals surface area contributed by atoms with Crippen molar-refractivity contribution in [1.82, 2.24) is 0 Å². The van der Waals surface area contributed by atoms with Crippen LogP contribution < -0.4 is 4.90 Å². The summed E-state index contributed by atoms with van der Waals surface area (Å²) in [5.41, 5.74) is 22.6. The van der Waals surface area contributed by atoms with Gasteiger partial charge in [-0.25, -0.2) is 0 Å². The molecule has 2 bridgehead atoms. The van der Waals surface area contributed by atoms with Crippen molar-refractivity contribution in [2.45, 2.75) is 50.9 Å². The van der Waals surface area contributed by atoms with Gasteiger partial charge in [0.2, 0.25) is 0 Å². The van der Waals surface area contributed by atoms with E-state index in [4.69, 9.17) is 0 Å². The Balaban J connectivity index is 0.934. The third kappa shape index (κ3) is 6.93. The minimum Gasteiger partial charge on any atom is -0.310 e. The van der Waals surface area contributed by atoms with Gasteiger partial charge in [-0.15, -0.1) is 0 Å². The van der Waals surface area contributed by atoms with Gasteiger partial charge in [-0.1, -0.05) is 202 Å². The molecule has 0 aromatic heterocycles. The first-order valence-electron chi connectivity index (χ1n) is 23.7. The molecule has 3 atom stereocenters. The van der Waals surface area contributed by atoms with Crippen LogP contribution in [0.1, 0.15) is 62.1 Å². The molecule has 0 radical (unpaired) electrons. The van der Waals surface area contributed by atoms with Gasteiger partial charge in [0.05, 0.1) is 0 Å². The lowest BCUT2D eigenvalue weighted by atomic mass is 9.81. The molecule has 9 aromatic rings. The van der Waals surface area contributed by atoms with Crippen LogP contribution in [0.15, 0.2) is 218 Å². The predicted octanol–water partition coefficient (Wildman–Crippen LogP) is 17.7.